The molecule has 2 atom stereocenters. The number of carbonyl (C=O) groups excluding carboxylic acids is 2. The molecule has 1 heterocycles. The maximum atomic E-state index is 12.3. The summed E-state index contributed by atoms with van der Waals surface area (Å²) in [6, 6.07) is 7.27. The van der Waals surface area contributed by atoms with Crippen molar-refractivity contribution in [1.82, 2.24) is 15.5 Å². The molecule has 0 aliphatic carbocycles. The molecular formula is C17H24ClN3O2. The first-order chi connectivity index (χ1) is 11.0. The number of halogens is 1. The third-order valence-electron chi connectivity index (χ3n) is 4.31. The topological polar surface area (TPSA) is 61.4 Å². The second-order valence-electron chi connectivity index (χ2n) is 5.94. The van der Waals surface area contributed by atoms with E-state index < -0.39 is 0 Å². The Morgan fingerprint density at radius 3 is 2.70 bits per heavy atom. The lowest BCUT2D eigenvalue weighted by atomic mass is 10.1. The SMILES string of the molecule is CC1NCCN(C(=O)CCCNC(=O)c2ccc(Cl)cc2)C1C. The summed E-state index contributed by atoms with van der Waals surface area (Å²) in [5.74, 6) is 0.0184. The number of nitrogens with zero attached hydrogens (tertiary/aromatic N) is 1. The van der Waals surface area contributed by atoms with E-state index in [1.807, 2.05) is 4.90 Å². The first kappa shape index (κ1) is 17.8. The lowest BCUT2D eigenvalue weighted by Crippen LogP contribution is -2.57. The van der Waals surface area contributed by atoms with Crippen LogP contribution in [0.5, 0.6) is 0 Å². The molecule has 23 heavy (non-hydrogen) atoms. The zero-order valence-electron chi connectivity index (χ0n) is 13.6. The minimum Gasteiger partial charge on any atom is -0.352 e. The van der Waals surface area contributed by atoms with E-state index in [0.717, 1.165) is 13.1 Å². The van der Waals surface area contributed by atoms with Gasteiger partial charge in [-0.2, -0.15) is 0 Å². The third-order valence-corrected chi connectivity index (χ3v) is 4.57. The summed E-state index contributed by atoms with van der Waals surface area (Å²) in [6.07, 6.45) is 1.10. The fourth-order valence-corrected chi connectivity index (χ4v) is 2.82. The van der Waals surface area contributed by atoms with Gasteiger partial charge in [-0.3, -0.25) is 9.59 Å². The number of amides is 2. The minimum atomic E-state index is -0.140. The second-order valence-corrected chi connectivity index (χ2v) is 6.37. The van der Waals surface area contributed by atoms with Gasteiger partial charge in [0.05, 0.1) is 0 Å². The molecule has 2 rings (SSSR count). The van der Waals surface area contributed by atoms with Gasteiger partial charge in [-0.1, -0.05) is 11.6 Å². The maximum Gasteiger partial charge on any atom is 0.251 e. The zero-order valence-corrected chi connectivity index (χ0v) is 14.4. The molecule has 126 valence electrons. The van der Waals surface area contributed by atoms with Crippen LogP contribution < -0.4 is 10.6 Å². The van der Waals surface area contributed by atoms with Crippen molar-refractivity contribution in [2.45, 2.75) is 38.8 Å². The molecule has 2 unspecified atom stereocenters. The molecule has 2 amide bonds. The Hall–Kier alpha value is -1.59. The number of hydrogen-bond donors (Lipinski definition) is 2. The number of carbonyl (C=O) groups is 2. The van der Waals surface area contributed by atoms with Crippen molar-refractivity contribution in [3.63, 3.8) is 0 Å². The molecule has 0 saturated carbocycles. The number of piperazine rings is 1. The molecule has 2 N–H and O–H groups in total. The van der Waals surface area contributed by atoms with Gasteiger partial charge in [0.2, 0.25) is 5.91 Å². The molecule has 6 heteroatoms. The molecule has 1 aromatic carbocycles. The number of nitrogens with one attached hydrogen (secondary N) is 2. The highest BCUT2D eigenvalue weighted by Gasteiger charge is 2.27. The van der Waals surface area contributed by atoms with E-state index in [-0.39, 0.29) is 17.9 Å². The van der Waals surface area contributed by atoms with Crippen LogP contribution in [0.4, 0.5) is 0 Å². The van der Waals surface area contributed by atoms with Gasteiger partial charge in [-0.15, -0.1) is 0 Å². The van der Waals surface area contributed by atoms with Gasteiger partial charge < -0.3 is 15.5 Å². The van der Waals surface area contributed by atoms with Gasteiger partial charge in [0.15, 0.2) is 0 Å². The first-order valence-electron chi connectivity index (χ1n) is 8.05. The molecule has 0 aromatic heterocycles. The molecule has 1 aliphatic heterocycles. The van der Waals surface area contributed by atoms with Crippen molar-refractivity contribution < 1.29 is 9.59 Å². The van der Waals surface area contributed by atoms with Crippen LogP contribution in [0.1, 0.15) is 37.0 Å². The molecule has 0 spiro atoms. The summed E-state index contributed by atoms with van der Waals surface area (Å²) in [7, 11) is 0. The van der Waals surface area contributed by atoms with Gasteiger partial charge in [0, 0.05) is 48.7 Å². The van der Waals surface area contributed by atoms with Crippen molar-refractivity contribution >= 4 is 23.4 Å². The highest BCUT2D eigenvalue weighted by atomic mass is 35.5. The van der Waals surface area contributed by atoms with Crippen LogP contribution in [0.25, 0.3) is 0 Å². The van der Waals surface area contributed by atoms with E-state index in [1.165, 1.54) is 0 Å². The Morgan fingerprint density at radius 1 is 1.30 bits per heavy atom. The largest absolute Gasteiger partial charge is 0.352 e. The normalized spacial score (nSPS) is 21.1. The summed E-state index contributed by atoms with van der Waals surface area (Å²) < 4.78 is 0. The van der Waals surface area contributed by atoms with E-state index in [0.29, 0.717) is 36.0 Å². The highest BCUT2D eigenvalue weighted by molar-refractivity contribution is 6.30. The molecule has 1 aromatic rings. The number of hydrogen-bond acceptors (Lipinski definition) is 3. The van der Waals surface area contributed by atoms with Crippen molar-refractivity contribution in [2.24, 2.45) is 0 Å². The highest BCUT2D eigenvalue weighted by Crippen LogP contribution is 2.11. The van der Waals surface area contributed by atoms with Crippen molar-refractivity contribution in [1.29, 1.82) is 0 Å². The monoisotopic (exact) mass is 337 g/mol. The Labute approximate surface area is 142 Å². The lowest BCUT2D eigenvalue weighted by molar-refractivity contribution is -0.134. The Morgan fingerprint density at radius 2 is 2.00 bits per heavy atom. The van der Waals surface area contributed by atoms with Gasteiger partial charge >= 0.3 is 0 Å². The molecule has 5 nitrogen and oxygen atoms in total. The fourth-order valence-electron chi connectivity index (χ4n) is 2.70. The predicted molar refractivity (Wildman–Crippen MR) is 91.7 cm³/mol. The van der Waals surface area contributed by atoms with Crippen LogP contribution in [0, 0.1) is 0 Å². The fraction of sp³-hybridized carbons (Fsp3) is 0.529. The smallest absolute Gasteiger partial charge is 0.251 e. The standard InChI is InChI=1S/C17H24ClN3O2/c1-12-13(2)21(11-10-19-12)16(22)4-3-9-20-17(23)14-5-7-15(18)8-6-14/h5-8,12-13,19H,3-4,9-11H2,1-2H3,(H,20,23). The summed E-state index contributed by atoms with van der Waals surface area (Å²) in [4.78, 5) is 26.1. The van der Waals surface area contributed by atoms with Crippen molar-refractivity contribution in [3.8, 4) is 0 Å². The lowest BCUT2D eigenvalue weighted by Gasteiger charge is -2.38. The predicted octanol–water partition coefficient (Wildman–Crippen LogP) is 2.06. The minimum absolute atomic E-state index is 0.140. The van der Waals surface area contributed by atoms with E-state index in [4.69, 9.17) is 11.6 Å². The molecule has 0 bridgehead atoms. The molecule has 1 aliphatic rings. The van der Waals surface area contributed by atoms with Crippen LogP contribution in [0.2, 0.25) is 5.02 Å². The quantitative estimate of drug-likeness (QED) is 0.808. The zero-order chi connectivity index (χ0) is 16.8. The van der Waals surface area contributed by atoms with Crippen LogP contribution in [0.3, 0.4) is 0 Å². The van der Waals surface area contributed by atoms with E-state index in [1.54, 1.807) is 24.3 Å². The van der Waals surface area contributed by atoms with E-state index in [2.05, 4.69) is 24.5 Å². The third kappa shape index (κ3) is 4.94. The first-order valence-corrected chi connectivity index (χ1v) is 8.43. The average molecular weight is 338 g/mol. The van der Waals surface area contributed by atoms with Gasteiger partial charge in [-0.05, 0) is 44.5 Å². The number of benzene rings is 1. The average Bonchev–Trinajstić information content (AvgIpc) is 2.54. The second kappa shape index (κ2) is 8.31. The summed E-state index contributed by atoms with van der Waals surface area (Å²) in [5.41, 5.74) is 0.574. The Kier molecular flexibility index (Phi) is 6.42. The van der Waals surface area contributed by atoms with E-state index in [9.17, 15) is 9.59 Å². The Balaban J connectivity index is 1.71. The molecule has 0 radical (unpaired) electrons. The number of rotatable bonds is 5. The van der Waals surface area contributed by atoms with Crippen LogP contribution in [-0.2, 0) is 4.79 Å². The molecular weight excluding hydrogens is 314 g/mol. The van der Waals surface area contributed by atoms with Gasteiger partial charge in [-0.25, -0.2) is 0 Å². The summed E-state index contributed by atoms with van der Waals surface area (Å²) in [5, 5.41) is 6.80. The van der Waals surface area contributed by atoms with Crippen molar-refractivity contribution in [3.05, 3.63) is 34.9 Å². The maximum absolute atomic E-state index is 12.3. The summed E-state index contributed by atoms with van der Waals surface area (Å²) >= 11 is 5.80. The van der Waals surface area contributed by atoms with Gasteiger partial charge in [0.25, 0.3) is 5.91 Å². The van der Waals surface area contributed by atoms with Crippen LogP contribution in [0.15, 0.2) is 24.3 Å². The molecule has 1 fully saturated rings. The van der Waals surface area contributed by atoms with Gasteiger partial charge in [0.1, 0.15) is 0 Å². The van der Waals surface area contributed by atoms with Crippen LogP contribution >= 0.6 is 11.6 Å². The Bertz CT molecular complexity index is 547. The van der Waals surface area contributed by atoms with Crippen LogP contribution in [-0.4, -0.2) is 48.4 Å². The van der Waals surface area contributed by atoms with E-state index >= 15 is 0 Å². The molecule has 1 saturated heterocycles. The van der Waals surface area contributed by atoms with Crippen molar-refractivity contribution in [2.75, 3.05) is 19.6 Å². The summed E-state index contributed by atoms with van der Waals surface area (Å²) in [6.45, 7) is 6.24.